The summed E-state index contributed by atoms with van der Waals surface area (Å²) in [5.74, 6) is 0. The summed E-state index contributed by atoms with van der Waals surface area (Å²) < 4.78 is 2.18. The maximum absolute atomic E-state index is 10.3. The first-order valence-electron chi connectivity index (χ1n) is 6.77. The minimum absolute atomic E-state index is 0.346. The molecule has 2 atom stereocenters. The molecule has 1 aromatic carbocycles. The fraction of sp³-hybridized carbons (Fsp3) is 0.467. The normalized spacial score (nSPS) is 27.4. The van der Waals surface area contributed by atoms with Crippen LogP contribution in [0.5, 0.6) is 0 Å². The molecule has 0 fully saturated rings. The fourth-order valence-electron chi connectivity index (χ4n) is 3.74. The number of likely N-dealkylation sites (N-methyl/N-ethyl adjacent to an activating group) is 1. The Balaban J connectivity index is 2.10. The minimum Gasteiger partial charge on any atom is -0.373 e. The van der Waals surface area contributed by atoms with Crippen LogP contribution in [0.4, 0.5) is 0 Å². The third kappa shape index (κ3) is 1.21. The topological polar surface area (TPSA) is 28.4 Å². The van der Waals surface area contributed by atoms with Crippen molar-refractivity contribution in [1.29, 1.82) is 0 Å². The van der Waals surface area contributed by atoms with Crippen LogP contribution < -0.4 is 0 Å². The third-order valence-corrected chi connectivity index (χ3v) is 4.62. The van der Waals surface area contributed by atoms with Gasteiger partial charge in [-0.15, -0.1) is 0 Å². The van der Waals surface area contributed by atoms with Crippen molar-refractivity contribution in [3.63, 3.8) is 0 Å². The predicted molar refractivity (Wildman–Crippen MR) is 71.5 cm³/mol. The maximum atomic E-state index is 10.3. The third-order valence-electron chi connectivity index (χ3n) is 4.62. The van der Waals surface area contributed by atoms with Crippen molar-refractivity contribution in [2.24, 2.45) is 0 Å². The number of nitrogens with zero attached hydrogens (tertiary/aromatic N) is 2. The average Bonchev–Trinajstić information content (AvgIpc) is 2.72. The van der Waals surface area contributed by atoms with Crippen LogP contribution in [0, 0.1) is 0 Å². The molecule has 18 heavy (non-hydrogen) atoms. The van der Waals surface area contributed by atoms with E-state index in [0.717, 1.165) is 25.8 Å². The lowest BCUT2D eigenvalue weighted by Crippen LogP contribution is -2.36. The largest absolute Gasteiger partial charge is 0.373 e. The number of fused-ring (bicyclic) bond motifs is 3. The van der Waals surface area contributed by atoms with E-state index in [4.69, 9.17) is 0 Å². The van der Waals surface area contributed by atoms with Crippen LogP contribution in [0.15, 0.2) is 24.3 Å². The summed E-state index contributed by atoms with van der Waals surface area (Å²) in [4.78, 5) is 2.43. The molecule has 0 spiro atoms. The molecule has 0 bridgehead atoms. The molecule has 3 nitrogen and oxygen atoms in total. The second-order valence-electron chi connectivity index (χ2n) is 5.56. The Morgan fingerprint density at radius 1 is 1.22 bits per heavy atom. The van der Waals surface area contributed by atoms with E-state index < -0.39 is 0 Å². The van der Waals surface area contributed by atoms with Crippen molar-refractivity contribution in [2.75, 3.05) is 13.6 Å². The molecule has 0 unspecified atom stereocenters. The fourth-order valence-corrected chi connectivity index (χ4v) is 3.74. The first-order chi connectivity index (χ1) is 8.77. The van der Waals surface area contributed by atoms with Crippen molar-refractivity contribution >= 4 is 10.9 Å². The Morgan fingerprint density at radius 3 is 2.94 bits per heavy atom. The van der Waals surface area contributed by atoms with E-state index >= 15 is 0 Å². The van der Waals surface area contributed by atoms with Gasteiger partial charge in [0.05, 0.1) is 11.6 Å². The summed E-state index contributed by atoms with van der Waals surface area (Å²) in [6.07, 6.45) is 2.69. The van der Waals surface area contributed by atoms with Gasteiger partial charge in [-0.1, -0.05) is 18.2 Å². The minimum atomic E-state index is -0.346. The first kappa shape index (κ1) is 10.6. The molecule has 3 heterocycles. The van der Waals surface area contributed by atoms with E-state index in [9.17, 15) is 5.11 Å². The molecular weight excluding hydrogens is 224 g/mol. The Morgan fingerprint density at radius 2 is 2.06 bits per heavy atom. The summed E-state index contributed by atoms with van der Waals surface area (Å²) in [6, 6.07) is 9.00. The number of aliphatic hydroxyl groups excluding tert-OH is 1. The van der Waals surface area contributed by atoms with E-state index in [0.29, 0.717) is 6.04 Å². The highest BCUT2D eigenvalue weighted by atomic mass is 16.3. The summed E-state index contributed by atoms with van der Waals surface area (Å²) >= 11 is 0. The van der Waals surface area contributed by atoms with Gasteiger partial charge in [-0.05, 0) is 37.9 Å². The number of benzene rings is 1. The van der Waals surface area contributed by atoms with Gasteiger partial charge < -0.3 is 9.67 Å². The van der Waals surface area contributed by atoms with E-state index in [1.807, 2.05) is 0 Å². The van der Waals surface area contributed by atoms with Gasteiger partial charge in [0, 0.05) is 17.6 Å². The average molecular weight is 242 g/mol. The highest BCUT2D eigenvalue weighted by Crippen LogP contribution is 2.44. The second kappa shape index (κ2) is 3.59. The van der Waals surface area contributed by atoms with E-state index in [1.54, 1.807) is 0 Å². The highest BCUT2D eigenvalue weighted by Gasteiger charge is 2.35. The molecule has 94 valence electrons. The summed E-state index contributed by atoms with van der Waals surface area (Å²) in [5.41, 5.74) is 4.03. The number of aliphatic hydroxyl groups is 1. The summed E-state index contributed by atoms with van der Waals surface area (Å²) in [6.45, 7) is 1.13. The Labute approximate surface area is 107 Å². The number of rotatable bonds is 0. The SMILES string of the molecule is CN1CCc2c3n(c4ccccc24)[C@H](O)CC[C@H]31. The first-order valence-corrected chi connectivity index (χ1v) is 6.77. The smallest absolute Gasteiger partial charge is 0.131 e. The Hall–Kier alpha value is -1.32. The van der Waals surface area contributed by atoms with Crippen LogP contribution in [0.3, 0.4) is 0 Å². The van der Waals surface area contributed by atoms with Crippen molar-refractivity contribution in [1.82, 2.24) is 9.47 Å². The van der Waals surface area contributed by atoms with E-state index in [-0.39, 0.29) is 6.23 Å². The molecule has 1 N–H and O–H groups in total. The molecule has 4 rings (SSSR count). The number of para-hydroxylation sites is 1. The summed E-state index contributed by atoms with van der Waals surface area (Å²) in [5, 5.41) is 11.7. The van der Waals surface area contributed by atoms with Crippen molar-refractivity contribution < 1.29 is 5.11 Å². The van der Waals surface area contributed by atoms with Crippen LogP contribution >= 0.6 is 0 Å². The van der Waals surface area contributed by atoms with Gasteiger partial charge in [0.15, 0.2) is 0 Å². The van der Waals surface area contributed by atoms with Crippen LogP contribution in [0.25, 0.3) is 10.9 Å². The number of hydrogen-bond donors (Lipinski definition) is 1. The van der Waals surface area contributed by atoms with Gasteiger partial charge in [0.25, 0.3) is 0 Å². The lowest BCUT2D eigenvalue weighted by atomic mass is 9.92. The maximum Gasteiger partial charge on any atom is 0.131 e. The zero-order valence-corrected chi connectivity index (χ0v) is 10.6. The zero-order chi connectivity index (χ0) is 12.3. The monoisotopic (exact) mass is 242 g/mol. The zero-order valence-electron chi connectivity index (χ0n) is 10.6. The number of aromatic nitrogens is 1. The van der Waals surface area contributed by atoms with E-state index in [1.165, 1.54) is 22.2 Å². The van der Waals surface area contributed by atoms with Gasteiger partial charge in [-0.25, -0.2) is 0 Å². The lowest BCUT2D eigenvalue weighted by molar-refractivity contribution is 0.0507. The van der Waals surface area contributed by atoms with Crippen molar-refractivity contribution in [2.45, 2.75) is 31.5 Å². The molecule has 3 heteroatoms. The van der Waals surface area contributed by atoms with Crippen molar-refractivity contribution in [3.8, 4) is 0 Å². The lowest BCUT2D eigenvalue weighted by Gasteiger charge is -2.39. The molecule has 2 aromatic rings. The quantitative estimate of drug-likeness (QED) is 0.768. The van der Waals surface area contributed by atoms with Gasteiger partial charge in [0.2, 0.25) is 0 Å². The second-order valence-corrected chi connectivity index (χ2v) is 5.56. The van der Waals surface area contributed by atoms with Crippen molar-refractivity contribution in [3.05, 3.63) is 35.5 Å². The highest BCUT2D eigenvalue weighted by molar-refractivity contribution is 5.86. The standard InChI is InChI=1S/C15H18N2O/c1-16-9-8-11-10-4-2-3-5-12(10)17-14(18)7-6-13(16)15(11)17/h2-5,13-14,18H,6-9H2,1H3/t13-,14-/m1/s1. The summed E-state index contributed by atoms with van der Waals surface area (Å²) in [7, 11) is 2.20. The van der Waals surface area contributed by atoms with Gasteiger partial charge in [-0.3, -0.25) is 4.90 Å². The Kier molecular flexibility index (Phi) is 2.11. The van der Waals surface area contributed by atoms with Crippen LogP contribution in [-0.2, 0) is 6.42 Å². The van der Waals surface area contributed by atoms with Crippen LogP contribution in [0.2, 0.25) is 0 Å². The molecule has 0 saturated heterocycles. The van der Waals surface area contributed by atoms with E-state index in [2.05, 4.69) is 40.8 Å². The number of hydrogen-bond acceptors (Lipinski definition) is 2. The molecule has 0 amide bonds. The van der Waals surface area contributed by atoms with Gasteiger partial charge in [0.1, 0.15) is 6.23 Å². The van der Waals surface area contributed by atoms with Gasteiger partial charge in [-0.2, -0.15) is 0 Å². The Bertz CT molecular complexity index is 616. The predicted octanol–water partition coefficient (Wildman–Crippen LogP) is 2.46. The molecule has 0 saturated carbocycles. The molecular formula is C15H18N2O. The van der Waals surface area contributed by atoms with Gasteiger partial charge >= 0.3 is 0 Å². The van der Waals surface area contributed by atoms with Crippen LogP contribution in [0.1, 0.15) is 36.4 Å². The van der Waals surface area contributed by atoms with Crippen LogP contribution in [-0.4, -0.2) is 28.2 Å². The molecule has 0 radical (unpaired) electrons. The molecule has 2 aliphatic heterocycles. The molecule has 0 aliphatic carbocycles. The molecule has 1 aromatic heterocycles. The molecule has 2 aliphatic rings.